The zero-order valence-corrected chi connectivity index (χ0v) is 11.8. The molecular weight excluding hydrogens is 240 g/mol. The third kappa shape index (κ3) is 3.70. The molecule has 0 bridgehead atoms. The van der Waals surface area contributed by atoms with Crippen LogP contribution in [-0.4, -0.2) is 25.1 Å². The van der Waals surface area contributed by atoms with Crippen LogP contribution in [0.4, 0.5) is 5.69 Å². The number of hydrogen-bond acceptors (Lipinski definition) is 3. The van der Waals surface area contributed by atoms with Gasteiger partial charge in [0.05, 0.1) is 12.0 Å². The third-order valence-corrected chi connectivity index (χ3v) is 3.35. The normalized spacial score (nSPS) is 22.5. The minimum Gasteiger partial charge on any atom is -0.491 e. The van der Waals surface area contributed by atoms with Crippen LogP contribution in [0.3, 0.4) is 0 Å². The van der Waals surface area contributed by atoms with E-state index in [0.717, 1.165) is 24.5 Å². The second-order valence-corrected chi connectivity index (χ2v) is 5.42. The number of carbonyl (C=O) groups is 1. The lowest BCUT2D eigenvalue weighted by Gasteiger charge is -2.15. The molecule has 1 aromatic carbocycles. The van der Waals surface area contributed by atoms with Gasteiger partial charge >= 0.3 is 0 Å². The van der Waals surface area contributed by atoms with Crippen molar-refractivity contribution >= 4 is 11.6 Å². The molecule has 1 aliphatic rings. The van der Waals surface area contributed by atoms with Crippen molar-refractivity contribution in [2.45, 2.75) is 26.9 Å². The summed E-state index contributed by atoms with van der Waals surface area (Å²) >= 11 is 0. The third-order valence-electron chi connectivity index (χ3n) is 3.35. The molecule has 4 nitrogen and oxygen atoms in total. The molecule has 0 radical (unpaired) electrons. The topological polar surface area (TPSA) is 50.4 Å². The van der Waals surface area contributed by atoms with Gasteiger partial charge in [0.2, 0.25) is 5.91 Å². The molecular formula is C15H22N2O2. The van der Waals surface area contributed by atoms with E-state index in [1.54, 1.807) is 0 Å². The fourth-order valence-corrected chi connectivity index (χ4v) is 2.29. The SMILES string of the molecule is CC(C)Oc1ccc(NC(=O)C2CNCC2C)cc1. The molecule has 0 saturated carbocycles. The van der Waals surface area contributed by atoms with Crippen LogP contribution in [0.1, 0.15) is 20.8 Å². The van der Waals surface area contributed by atoms with Crippen molar-refractivity contribution in [3.05, 3.63) is 24.3 Å². The van der Waals surface area contributed by atoms with Gasteiger partial charge in [-0.05, 0) is 50.6 Å². The number of benzene rings is 1. The summed E-state index contributed by atoms with van der Waals surface area (Å²) in [6, 6.07) is 7.52. The minimum absolute atomic E-state index is 0.0617. The number of carbonyl (C=O) groups excluding carboxylic acids is 1. The molecule has 104 valence electrons. The first kappa shape index (κ1) is 13.9. The zero-order chi connectivity index (χ0) is 13.8. The van der Waals surface area contributed by atoms with Crippen molar-refractivity contribution < 1.29 is 9.53 Å². The maximum atomic E-state index is 12.1. The van der Waals surface area contributed by atoms with Crippen LogP contribution >= 0.6 is 0 Å². The largest absolute Gasteiger partial charge is 0.491 e. The molecule has 0 aromatic heterocycles. The summed E-state index contributed by atoms with van der Waals surface area (Å²) in [5, 5.41) is 6.20. The summed E-state index contributed by atoms with van der Waals surface area (Å²) in [5.74, 6) is 1.37. The summed E-state index contributed by atoms with van der Waals surface area (Å²) < 4.78 is 5.57. The Kier molecular flexibility index (Phi) is 4.43. The Morgan fingerprint density at radius 3 is 2.53 bits per heavy atom. The van der Waals surface area contributed by atoms with E-state index in [2.05, 4.69) is 17.6 Å². The standard InChI is InChI=1S/C15H22N2O2/c1-10(2)19-13-6-4-12(5-7-13)17-15(18)14-9-16-8-11(14)3/h4-7,10-11,14,16H,8-9H2,1-3H3,(H,17,18). The molecule has 1 amide bonds. The predicted molar refractivity (Wildman–Crippen MR) is 76.4 cm³/mol. The van der Waals surface area contributed by atoms with E-state index in [-0.39, 0.29) is 17.9 Å². The van der Waals surface area contributed by atoms with Crippen molar-refractivity contribution in [1.82, 2.24) is 5.32 Å². The van der Waals surface area contributed by atoms with E-state index in [1.807, 2.05) is 38.1 Å². The van der Waals surface area contributed by atoms with Gasteiger partial charge in [0.15, 0.2) is 0 Å². The maximum Gasteiger partial charge on any atom is 0.229 e. The van der Waals surface area contributed by atoms with Crippen LogP contribution < -0.4 is 15.4 Å². The quantitative estimate of drug-likeness (QED) is 0.875. The van der Waals surface area contributed by atoms with Gasteiger partial charge < -0.3 is 15.4 Å². The van der Waals surface area contributed by atoms with Gasteiger partial charge in [0.25, 0.3) is 0 Å². The second kappa shape index (κ2) is 6.06. The van der Waals surface area contributed by atoms with Crippen LogP contribution in [0.25, 0.3) is 0 Å². The fraction of sp³-hybridized carbons (Fsp3) is 0.533. The van der Waals surface area contributed by atoms with Crippen molar-refractivity contribution in [3.63, 3.8) is 0 Å². The van der Waals surface area contributed by atoms with Crippen LogP contribution in [0.5, 0.6) is 5.75 Å². The Morgan fingerprint density at radius 2 is 2.00 bits per heavy atom. The number of anilines is 1. The lowest BCUT2D eigenvalue weighted by Crippen LogP contribution is -2.27. The Bertz CT molecular complexity index is 428. The highest BCUT2D eigenvalue weighted by molar-refractivity contribution is 5.93. The highest BCUT2D eigenvalue weighted by atomic mass is 16.5. The smallest absolute Gasteiger partial charge is 0.229 e. The molecule has 0 spiro atoms. The molecule has 2 atom stereocenters. The van der Waals surface area contributed by atoms with Gasteiger partial charge in [-0.3, -0.25) is 4.79 Å². The van der Waals surface area contributed by atoms with Gasteiger partial charge in [-0.1, -0.05) is 6.92 Å². The number of rotatable bonds is 4. The Morgan fingerprint density at radius 1 is 1.32 bits per heavy atom. The van der Waals surface area contributed by atoms with Crippen LogP contribution in [0.15, 0.2) is 24.3 Å². The van der Waals surface area contributed by atoms with Gasteiger partial charge in [0.1, 0.15) is 5.75 Å². The van der Waals surface area contributed by atoms with E-state index in [9.17, 15) is 4.79 Å². The summed E-state index contributed by atoms with van der Waals surface area (Å²) in [4.78, 5) is 12.1. The highest BCUT2D eigenvalue weighted by Crippen LogP contribution is 2.20. The van der Waals surface area contributed by atoms with E-state index >= 15 is 0 Å². The van der Waals surface area contributed by atoms with Crippen LogP contribution in [-0.2, 0) is 4.79 Å². The first-order chi connectivity index (χ1) is 9.06. The monoisotopic (exact) mass is 262 g/mol. The van der Waals surface area contributed by atoms with Crippen molar-refractivity contribution in [1.29, 1.82) is 0 Å². The molecule has 2 unspecified atom stereocenters. The first-order valence-electron chi connectivity index (χ1n) is 6.84. The molecule has 19 heavy (non-hydrogen) atoms. The number of hydrogen-bond donors (Lipinski definition) is 2. The van der Waals surface area contributed by atoms with E-state index in [1.165, 1.54) is 0 Å². The van der Waals surface area contributed by atoms with Crippen molar-refractivity contribution in [2.75, 3.05) is 18.4 Å². The lowest BCUT2D eigenvalue weighted by molar-refractivity contribution is -0.120. The van der Waals surface area contributed by atoms with E-state index in [0.29, 0.717) is 5.92 Å². The fourth-order valence-electron chi connectivity index (χ4n) is 2.29. The molecule has 1 aliphatic heterocycles. The first-order valence-corrected chi connectivity index (χ1v) is 6.84. The van der Waals surface area contributed by atoms with Gasteiger partial charge in [-0.25, -0.2) is 0 Å². The Balaban J connectivity index is 1.93. The molecule has 1 heterocycles. The Hall–Kier alpha value is -1.55. The molecule has 0 aliphatic carbocycles. The maximum absolute atomic E-state index is 12.1. The van der Waals surface area contributed by atoms with E-state index < -0.39 is 0 Å². The predicted octanol–water partition coefficient (Wildman–Crippen LogP) is 2.27. The zero-order valence-electron chi connectivity index (χ0n) is 11.8. The Labute approximate surface area is 114 Å². The molecule has 4 heteroatoms. The van der Waals surface area contributed by atoms with Crippen molar-refractivity contribution in [3.8, 4) is 5.75 Å². The number of amides is 1. The molecule has 2 rings (SSSR count). The van der Waals surface area contributed by atoms with Crippen molar-refractivity contribution in [2.24, 2.45) is 11.8 Å². The lowest BCUT2D eigenvalue weighted by atomic mass is 9.97. The molecule has 2 N–H and O–H groups in total. The molecule has 1 aromatic rings. The van der Waals surface area contributed by atoms with Gasteiger partial charge in [-0.2, -0.15) is 0 Å². The second-order valence-electron chi connectivity index (χ2n) is 5.42. The summed E-state index contributed by atoms with van der Waals surface area (Å²) in [5.41, 5.74) is 0.820. The molecule has 1 fully saturated rings. The average Bonchev–Trinajstić information content (AvgIpc) is 2.77. The number of ether oxygens (including phenoxy) is 1. The summed E-state index contributed by atoms with van der Waals surface area (Å²) in [7, 11) is 0. The van der Waals surface area contributed by atoms with E-state index in [4.69, 9.17) is 4.74 Å². The number of nitrogens with one attached hydrogen (secondary N) is 2. The van der Waals surface area contributed by atoms with Crippen LogP contribution in [0, 0.1) is 11.8 Å². The molecule has 1 saturated heterocycles. The summed E-state index contributed by atoms with van der Waals surface area (Å²) in [6.45, 7) is 7.76. The highest BCUT2D eigenvalue weighted by Gasteiger charge is 2.29. The minimum atomic E-state index is 0.0617. The average molecular weight is 262 g/mol. The van der Waals surface area contributed by atoms with Gasteiger partial charge in [0, 0.05) is 12.2 Å². The van der Waals surface area contributed by atoms with Crippen LogP contribution in [0.2, 0.25) is 0 Å². The summed E-state index contributed by atoms with van der Waals surface area (Å²) in [6.07, 6.45) is 0.158. The van der Waals surface area contributed by atoms with Gasteiger partial charge in [-0.15, -0.1) is 0 Å².